The van der Waals surface area contributed by atoms with Gasteiger partial charge in [-0.05, 0) is 6.92 Å². The Balaban J connectivity index is 2.03. The lowest BCUT2D eigenvalue weighted by molar-refractivity contribution is -0.111. The molecule has 1 aromatic rings. The van der Waals surface area contributed by atoms with E-state index in [0.717, 1.165) is 4.57 Å². The summed E-state index contributed by atoms with van der Waals surface area (Å²) in [7, 11) is 0. The van der Waals surface area contributed by atoms with Crippen LogP contribution in [0.2, 0.25) is 0 Å². The van der Waals surface area contributed by atoms with Crippen LogP contribution in [0.5, 0.6) is 0 Å². The molecule has 3 heterocycles. The summed E-state index contributed by atoms with van der Waals surface area (Å²) in [5, 5.41) is 19.8. The third kappa shape index (κ3) is 1.76. The lowest BCUT2D eigenvalue weighted by atomic mass is 9.95. The van der Waals surface area contributed by atoms with Crippen molar-refractivity contribution in [2.24, 2.45) is 0 Å². The van der Waals surface area contributed by atoms with Gasteiger partial charge in [-0.1, -0.05) is 0 Å². The third-order valence-corrected chi connectivity index (χ3v) is 3.99. The van der Waals surface area contributed by atoms with Crippen molar-refractivity contribution in [1.82, 2.24) is 9.55 Å². The molecule has 0 aromatic carbocycles. The Labute approximate surface area is 113 Å². The average molecular weight is 284 g/mol. The fourth-order valence-electron chi connectivity index (χ4n) is 2.85. The largest absolute Gasteiger partial charge is 0.393 e. The van der Waals surface area contributed by atoms with Gasteiger partial charge < -0.3 is 19.7 Å². The maximum atomic E-state index is 11.9. The maximum Gasteiger partial charge on any atom is 0.330 e. The van der Waals surface area contributed by atoms with Gasteiger partial charge in [-0.15, -0.1) is 0 Å². The molecule has 3 rings (SSSR count). The summed E-state index contributed by atoms with van der Waals surface area (Å²) < 4.78 is 12.2. The van der Waals surface area contributed by atoms with Crippen LogP contribution in [-0.4, -0.2) is 50.8 Å². The first-order chi connectivity index (χ1) is 9.48. The van der Waals surface area contributed by atoms with E-state index in [4.69, 9.17) is 9.47 Å². The molecule has 0 radical (unpaired) electrons. The number of fused-ring (bicyclic) bond motifs is 1. The van der Waals surface area contributed by atoms with Crippen molar-refractivity contribution in [3.05, 3.63) is 32.6 Å². The van der Waals surface area contributed by atoms with Crippen molar-refractivity contribution in [3.8, 4) is 0 Å². The molecule has 0 amide bonds. The molecule has 2 saturated heterocycles. The normalized spacial score (nSPS) is 36.2. The van der Waals surface area contributed by atoms with Crippen LogP contribution in [0.1, 0.15) is 18.2 Å². The summed E-state index contributed by atoms with van der Waals surface area (Å²) in [6.07, 6.45) is -0.986. The van der Waals surface area contributed by atoms with Gasteiger partial charge in [0.2, 0.25) is 0 Å². The molecule has 8 nitrogen and oxygen atoms in total. The fourth-order valence-corrected chi connectivity index (χ4v) is 2.85. The second-order valence-corrected chi connectivity index (χ2v) is 5.24. The maximum absolute atomic E-state index is 11.9. The van der Waals surface area contributed by atoms with Crippen molar-refractivity contribution >= 4 is 0 Å². The average Bonchev–Trinajstić information content (AvgIpc) is 2.94. The van der Waals surface area contributed by atoms with Crippen LogP contribution >= 0.6 is 0 Å². The van der Waals surface area contributed by atoms with E-state index < -0.39 is 35.3 Å². The topological polar surface area (TPSA) is 114 Å². The number of aliphatic hydroxyl groups excluding tert-OH is 2. The fraction of sp³-hybridized carbons (Fsp3) is 0.667. The summed E-state index contributed by atoms with van der Waals surface area (Å²) in [6, 6.07) is 0. The predicted octanol–water partition coefficient (Wildman–Crippen LogP) is -1.75. The van der Waals surface area contributed by atoms with Gasteiger partial charge in [-0.2, -0.15) is 0 Å². The molecular formula is C12H16N2O6. The minimum absolute atomic E-state index is 0.303. The second kappa shape index (κ2) is 4.52. The van der Waals surface area contributed by atoms with Crippen LogP contribution in [-0.2, 0) is 9.47 Å². The molecule has 3 N–H and O–H groups in total. The molecule has 2 aliphatic rings. The number of ether oxygens (including phenoxy) is 2. The highest BCUT2D eigenvalue weighted by Crippen LogP contribution is 2.43. The highest BCUT2D eigenvalue weighted by molar-refractivity contribution is 5.08. The number of hydrogen-bond acceptors (Lipinski definition) is 6. The van der Waals surface area contributed by atoms with Gasteiger partial charge in [0, 0.05) is 18.2 Å². The number of aromatic nitrogens is 2. The summed E-state index contributed by atoms with van der Waals surface area (Å²) in [5.74, 6) is 0. The predicted molar refractivity (Wildman–Crippen MR) is 66.4 cm³/mol. The van der Waals surface area contributed by atoms with Crippen molar-refractivity contribution < 1.29 is 19.7 Å². The lowest BCUT2D eigenvalue weighted by Gasteiger charge is -2.24. The zero-order valence-electron chi connectivity index (χ0n) is 10.9. The van der Waals surface area contributed by atoms with E-state index in [2.05, 4.69) is 4.98 Å². The molecule has 2 aliphatic heterocycles. The van der Waals surface area contributed by atoms with Crippen molar-refractivity contribution in [2.45, 2.75) is 37.4 Å². The molecule has 110 valence electrons. The Morgan fingerprint density at radius 1 is 1.55 bits per heavy atom. The molecular weight excluding hydrogens is 268 g/mol. The molecule has 1 aromatic heterocycles. The van der Waals surface area contributed by atoms with Crippen LogP contribution in [0, 0.1) is 6.92 Å². The van der Waals surface area contributed by atoms with Gasteiger partial charge in [0.15, 0.2) is 6.23 Å². The SMILES string of the molecule is Cc1cn([C@@H]2O[C@@]3(CO)CCO[C@H]3[C@H]2O)c(=O)[nH]c1=O. The Morgan fingerprint density at radius 2 is 2.30 bits per heavy atom. The number of nitrogens with zero attached hydrogens (tertiary/aromatic N) is 1. The van der Waals surface area contributed by atoms with Gasteiger partial charge in [-0.25, -0.2) is 4.79 Å². The summed E-state index contributed by atoms with van der Waals surface area (Å²) in [5.41, 5.74) is -1.81. The van der Waals surface area contributed by atoms with Crippen LogP contribution in [0.4, 0.5) is 0 Å². The number of aryl methyl sites for hydroxylation is 1. The van der Waals surface area contributed by atoms with E-state index in [9.17, 15) is 19.8 Å². The monoisotopic (exact) mass is 284 g/mol. The molecule has 8 heteroatoms. The number of H-pyrrole nitrogens is 1. The molecule has 0 spiro atoms. The number of hydrogen-bond donors (Lipinski definition) is 3. The van der Waals surface area contributed by atoms with Gasteiger partial charge >= 0.3 is 5.69 Å². The Hall–Kier alpha value is -1.48. The van der Waals surface area contributed by atoms with Crippen LogP contribution in [0.25, 0.3) is 0 Å². The first kappa shape index (κ1) is 13.5. The first-order valence-electron chi connectivity index (χ1n) is 6.39. The zero-order chi connectivity index (χ0) is 14.5. The molecule has 4 atom stereocenters. The molecule has 0 saturated carbocycles. The Morgan fingerprint density at radius 3 is 2.95 bits per heavy atom. The number of nitrogens with one attached hydrogen (secondary N) is 1. The number of rotatable bonds is 2. The van der Waals surface area contributed by atoms with E-state index in [1.165, 1.54) is 6.20 Å². The summed E-state index contributed by atoms with van der Waals surface area (Å²) in [6.45, 7) is 1.63. The second-order valence-electron chi connectivity index (χ2n) is 5.24. The summed E-state index contributed by atoms with van der Waals surface area (Å²) in [4.78, 5) is 25.4. The van der Waals surface area contributed by atoms with Gasteiger partial charge in [0.1, 0.15) is 17.8 Å². The third-order valence-electron chi connectivity index (χ3n) is 3.99. The summed E-state index contributed by atoms with van der Waals surface area (Å²) >= 11 is 0. The first-order valence-corrected chi connectivity index (χ1v) is 6.39. The van der Waals surface area contributed by atoms with Crippen molar-refractivity contribution in [1.29, 1.82) is 0 Å². The molecule has 0 aliphatic carbocycles. The van der Waals surface area contributed by atoms with E-state index in [1.54, 1.807) is 6.92 Å². The van der Waals surface area contributed by atoms with Gasteiger partial charge in [0.25, 0.3) is 5.56 Å². The van der Waals surface area contributed by atoms with Crippen molar-refractivity contribution in [3.63, 3.8) is 0 Å². The van der Waals surface area contributed by atoms with E-state index in [0.29, 0.717) is 18.6 Å². The highest BCUT2D eigenvalue weighted by Gasteiger charge is 2.58. The van der Waals surface area contributed by atoms with Gasteiger partial charge in [0.05, 0.1) is 13.2 Å². The molecule has 20 heavy (non-hydrogen) atoms. The standard InChI is InChI=1S/C12H16N2O6/c1-6-4-14(11(18)13-9(6)17)10-7(16)8-12(5-15,20-10)2-3-19-8/h4,7-8,10,15-16H,2-3,5H2,1H3,(H,13,17,18)/t7-,8+,10-,12-/m1/s1. The molecule has 0 bridgehead atoms. The van der Waals surface area contributed by atoms with Crippen LogP contribution in [0.15, 0.2) is 15.8 Å². The van der Waals surface area contributed by atoms with Gasteiger partial charge in [-0.3, -0.25) is 14.3 Å². The zero-order valence-corrected chi connectivity index (χ0v) is 10.9. The minimum atomic E-state index is -1.09. The van der Waals surface area contributed by atoms with Crippen molar-refractivity contribution in [2.75, 3.05) is 13.2 Å². The van der Waals surface area contributed by atoms with E-state index >= 15 is 0 Å². The Bertz CT molecular complexity index is 638. The van der Waals surface area contributed by atoms with Crippen LogP contribution < -0.4 is 11.2 Å². The molecule has 2 fully saturated rings. The quantitative estimate of drug-likeness (QED) is 0.594. The lowest BCUT2D eigenvalue weighted by Crippen LogP contribution is -2.42. The van der Waals surface area contributed by atoms with E-state index in [-0.39, 0.29) is 6.61 Å². The minimum Gasteiger partial charge on any atom is -0.393 e. The van der Waals surface area contributed by atoms with Crippen LogP contribution in [0.3, 0.4) is 0 Å². The number of aromatic amines is 1. The highest BCUT2D eigenvalue weighted by atomic mass is 16.6. The smallest absolute Gasteiger partial charge is 0.330 e. The molecule has 0 unspecified atom stereocenters. The number of aliphatic hydroxyl groups is 2. The van der Waals surface area contributed by atoms with E-state index in [1.807, 2.05) is 0 Å². The Kier molecular flexibility index (Phi) is 3.05.